The van der Waals surface area contributed by atoms with E-state index < -0.39 is 59.3 Å². The van der Waals surface area contributed by atoms with Gasteiger partial charge in [-0.15, -0.1) is 0 Å². The number of halogens is 1. The molecular formula is C30H34ClNO8. The van der Waals surface area contributed by atoms with E-state index in [0.29, 0.717) is 18.1 Å². The summed E-state index contributed by atoms with van der Waals surface area (Å²) in [5.41, 5.74) is -2.90. The largest absolute Gasteiger partial charge is 0.460 e. The van der Waals surface area contributed by atoms with Crippen LogP contribution >= 0.6 is 11.6 Å². The molecular weight excluding hydrogens is 538 g/mol. The molecule has 2 aromatic rings. The molecule has 0 aromatic heterocycles. The highest BCUT2D eigenvalue weighted by Crippen LogP contribution is 2.58. The third-order valence-corrected chi connectivity index (χ3v) is 8.70. The van der Waals surface area contributed by atoms with Crippen LogP contribution in [0.2, 0.25) is 5.02 Å². The fourth-order valence-corrected chi connectivity index (χ4v) is 6.32. The van der Waals surface area contributed by atoms with Crippen LogP contribution in [0.15, 0.2) is 54.6 Å². The second-order valence-corrected chi connectivity index (χ2v) is 11.7. The number of aliphatic hydroxyl groups is 1. The molecule has 40 heavy (non-hydrogen) atoms. The van der Waals surface area contributed by atoms with Gasteiger partial charge < -0.3 is 24.1 Å². The first-order valence-corrected chi connectivity index (χ1v) is 13.9. The Morgan fingerprint density at radius 2 is 1.70 bits per heavy atom. The van der Waals surface area contributed by atoms with Crippen molar-refractivity contribution in [1.82, 2.24) is 4.90 Å². The minimum absolute atomic E-state index is 0.0412. The predicted molar refractivity (Wildman–Crippen MR) is 144 cm³/mol. The predicted octanol–water partition coefficient (Wildman–Crippen LogP) is 3.74. The molecule has 0 radical (unpaired) electrons. The van der Waals surface area contributed by atoms with E-state index in [4.69, 9.17) is 30.5 Å². The van der Waals surface area contributed by atoms with Crippen LogP contribution < -0.4 is 0 Å². The molecule has 214 valence electrons. The Morgan fingerprint density at radius 1 is 1.02 bits per heavy atom. The molecule has 3 saturated heterocycles. The molecule has 1 N–H and O–H groups in total. The Kier molecular flexibility index (Phi) is 7.46. The van der Waals surface area contributed by atoms with Crippen LogP contribution in [0.1, 0.15) is 51.2 Å². The van der Waals surface area contributed by atoms with Gasteiger partial charge in [-0.3, -0.25) is 9.59 Å². The quantitative estimate of drug-likeness (QED) is 0.474. The lowest BCUT2D eigenvalue weighted by molar-refractivity contribution is -0.341. The van der Waals surface area contributed by atoms with Crippen LogP contribution in [0.4, 0.5) is 0 Å². The van der Waals surface area contributed by atoms with Gasteiger partial charge in [0.25, 0.3) is 0 Å². The smallest absolute Gasteiger partial charge is 0.343 e. The summed E-state index contributed by atoms with van der Waals surface area (Å²) in [6, 6.07) is 16.9. The normalized spacial score (nSPS) is 30.5. The zero-order valence-corrected chi connectivity index (χ0v) is 23.6. The summed E-state index contributed by atoms with van der Waals surface area (Å²) in [6.45, 7) is 5.97. The fraction of sp³-hybridized carbons (Fsp3) is 0.500. The van der Waals surface area contributed by atoms with Crippen LogP contribution in [0.3, 0.4) is 0 Å². The first-order chi connectivity index (χ1) is 19.0. The number of likely N-dealkylation sites (tertiary alicyclic amines) is 1. The number of carbonyl (C=O) groups is 3. The number of rotatable bonds is 8. The van der Waals surface area contributed by atoms with Crippen molar-refractivity contribution in [3.05, 3.63) is 70.7 Å². The van der Waals surface area contributed by atoms with Gasteiger partial charge >= 0.3 is 23.8 Å². The zero-order chi connectivity index (χ0) is 28.8. The van der Waals surface area contributed by atoms with Crippen molar-refractivity contribution in [2.45, 2.75) is 69.6 Å². The standard InChI is InChI=1S/C30H34ClNO8/c1-4-37-19-28(15-14-20-8-6-5-7-9-20)23-18-32(27(2,3)21-10-12-22(31)13-11-21)30(28)39-25(34)17-29(36,26(35)40-30)16-24(33)38-23/h5-13,23,36H,4,14-19H2,1-3H3/t23?,28-,29?,30?/m0/s1. The molecule has 3 aliphatic heterocycles. The van der Waals surface area contributed by atoms with Gasteiger partial charge in [-0.05, 0) is 56.9 Å². The van der Waals surface area contributed by atoms with Crippen molar-refractivity contribution < 1.29 is 38.4 Å². The molecule has 3 aliphatic rings. The number of nitrogens with zero attached hydrogens (tertiary/aromatic N) is 1. The van der Waals surface area contributed by atoms with Crippen LogP contribution in [0, 0.1) is 5.41 Å². The summed E-state index contributed by atoms with van der Waals surface area (Å²) < 4.78 is 24.5. The Morgan fingerprint density at radius 3 is 2.38 bits per heavy atom. The van der Waals surface area contributed by atoms with Crippen LogP contribution in [0.25, 0.3) is 0 Å². The van der Waals surface area contributed by atoms with E-state index in [-0.39, 0.29) is 19.6 Å². The molecule has 2 aromatic carbocycles. The second-order valence-electron chi connectivity index (χ2n) is 11.3. The van der Waals surface area contributed by atoms with Crippen molar-refractivity contribution in [2.75, 3.05) is 19.8 Å². The third kappa shape index (κ3) is 4.68. The van der Waals surface area contributed by atoms with Crippen molar-refractivity contribution in [1.29, 1.82) is 0 Å². The highest BCUT2D eigenvalue weighted by molar-refractivity contribution is 6.30. The van der Waals surface area contributed by atoms with Gasteiger partial charge in [0.2, 0.25) is 0 Å². The minimum atomic E-state index is -2.42. The number of hydrogen-bond donors (Lipinski definition) is 1. The molecule has 3 bridgehead atoms. The monoisotopic (exact) mass is 571 g/mol. The SMILES string of the molecule is CCOC[C@@]1(CCc2ccccc2)C2CN(C(C)(C)c3ccc(Cl)cc3)C13OC(=O)CC(O)(CC(=O)O2)C(=O)O3. The minimum Gasteiger partial charge on any atom is -0.460 e. The summed E-state index contributed by atoms with van der Waals surface area (Å²) in [7, 11) is 0. The summed E-state index contributed by atoms with van der Waals surface area (Å²) in [4.78, 5) is 42.1. The Hall–Kier alpha value is -2.98. The summed E-state index contributed by atoms with van der Waals surface area (Å²) in [5.74, 6) is -4.84. The molecule has 3 unspecified atom stereocenters. The first-order valence-electron chi connectivity index (χ1n) is 13.5. The fourth-order valence-electron chi connectivity index (χ4n) is 6.19. The lowest BCUT2D eigenvalue weighted by Gasteiger charge is -2.50. The van der Waals surface area contributed by atoms with Crippen molar-refractivity contribution in [2.24, 2.45) is 5.41 Å². The maximum atomic E-state index is 13.7. The molecule has 0 aliphatic carbocycles. The van der Waals surface area contributed by atoms with E-state index >= 15 is 0 Å². The average Bonchev–Trinajstić information content (AvgIpc) is 3.09. The molecule has 9 nitrogen and oxygen atoms in total. The molecule has 1 spiro atoms. The van der Waals surface area contributed by atoms with Gasteiger partial charge in [-0.2, -0.15) is 0 Å². The third-order valence-electron chi connectivity index (χ3n) is 8.45. The van der Waals surface area contributed by atoms with Gasteiger partial charge in [-0.25, -0.2) is 9.69 Å². The van der Waals surface area contributed by atoms with E-state index in [0.717, 1.165) is 11.1 Å². The van der Waals surface area contributed by atoms with Crippen LogP contribution in [-0.2, 0) is 45.3 Å². The molecule has 0 amide bonds. The molecule has 4 atom stereocenters. The van der Waals surface area contributed by atoms with E-state index in [1.54, 1.807) is 17.0 Å². The molecule has 10 heteroatoms. The van der Waals surface area contributed by atoms with Gasteiger partial charge in [0.1, 0.15) is 11.5 Å². The van der Waals surface area contributed by atoms with E-state index in [1.807, 2.05) is 63.2 Å². The lowest BCUT2D eigenvalue weighted by atomic mass is 9.75. The van der Waals surface area contributed by atoms with E-state index in [1.165, 1.54) is 0 Å². The highest BCUT2D eigenvalue weighted by atomic mass is 35.5. The summed E-state index contributed by atoms with van der Waals surface area (Å²) in [6.07, 6.45) is -1.61. The number of esters is 3. The number of aryl methyl sites for hydroxylation is 1. The van der Waals surface area contributed by atoms with Crippen LogP contribution in [0.5, 0.6) is 0 Å². The van der Waals surface area contributed by atoms with E-state index in [9.17, 15) is 19.5 Å². The molecule has 5 rings (SSSR count). The summed E-state index contributed by atoms with van der Waals surface area (Å²) in [5, 5.41) is 11.8. The number of carbonyl (C=O) groups excluding carboxylic acids is 3. The Bertz CT molecular complexity index is 1280. The van der Waals surface area contributed by atoms with Crippen molar-refractivity contribution in [3.8, 4) is 0 Å². The van der Waals surface area contributed by atoms with Gasteiger partial charge in [0.05, 0.1) is 19.4 Å². The van der Waals surface area contributed by atoms with Crippen LogP contribution in [-0.4, -0.2) is 65.3 Å². The van der Waals surface area contributed by atoms with Crippen molar-refractivity contribution in [3.63, 3.8) is 0 Å². The van der Waals surface area contributed by atoms with Crippen molar-refractivity contribution >= 4 is 29.5 Å². The lowest BCUT2D eigenvalue weighted by Crippen LogP contribution is -2.65. The van der Waals surface area contributed by atoms with Gasteiger partial charge in [0.15, 0.2) is 5.60 Å². The number of benzene rings is 2. The van der Waals surface area contributed by atoms with E-state index in [2.05, 4.69) is 0 Å². The zero-order valence-electron chi connectivity index (χ0n) is 22.9. The Balaban J connectivity index is 1.74. The number of hydrogen-bond acceptors (Lipinski definition) is 9. The average molecular weight is 572 g/mol. The topological polar surface area (TPSA) is 112 Å². The summed E-state index contributed by atoms with van der Waals surface area (Å²) >= 11 is 6.17. The van der Waals surface area contributed by atoms with Gasteiger partial charge in [0, 0.05) is 23.7 Å². The molecule has 3 heterocycles. The first kappa shape index (κ1) is 28.5. The number of ether oxygens (including phenoxy) is 4. The Labute approximate surface area is 238 Å². The maximum absolute atomic E-state index is 13.7. The molecule has 3 fully saturated rings. The number of fused-ring (bicyclic) bond motifs is 3. The highest BCUT2D eigenvalue weighted by Gasteiger charge is 2.76. The molecule has 0 saturated carbocycles. The van der Waals surface area contributed by atoms with Gasteiger partial charge in [-0.1, -0.05) is 54.1 Å². The maximum Gasteiger partial charge on any atom is 0.343 e. The second kappa shape index (κ2) is 10.4.